The zero-order valence-corrected chi connectivity index (χ0v) is 10.5. The normalized spacial score (nSPS) is 19.6. The third kappa shape index (κ3) is 2.67. The van der Waals surface area contributed by atoms with Gasteiger partial charge in [-0.15, -0.1) is 0 Å². The van der Waals surface area contributed by atoms with Crippen LogP contribution in [0.4, 0.5) is 0 Å². The zero-order chi connectivity index (χ0) is 12.3. The quantitative estimate of drug-likeness (QED) is 0.801. The zero-order valence-electron chi connectivity index (χ0n) is 10.5. The van der Waals surface area contributed by atoms with Crippen molar-refractivity contribution in [3.8, 4) is 0 Å². The average Bonchev–Trinajstić information content (AvgIpc) is 2.79. The first kappa shape index (κ1) is 12.1. The lowest BCUT2D eigenvalue weighted by Crippen LogP contribution is -2.33. The maximum Gasteiger partial charge on any atom is 0.249 e. The number of nitrogens with zero attached hydrogens (tertiary/aromatic N) is 1. The number of hydrogen-bond acceptors (Lipinski definition) is 2. The van der Waals surface area contributed by atoms with E-state index in [1.165, 1.54) is 11.1 Å². The van der Waals surface area contributed by atoms with Crippen LogP contribution in [-0.4, -0.2) is 31.1 Å². The van der Waals surface area contributed by atoms with E-state index in [1.54, 1.807) is 7.11 Å². The number of aryl methyl sites for hydroxylation is 1. The smallest absolute Gasteiger partial charge is 0.249 e. The van der Waals surface area contributed by atoms with Crippen molar-refractivity contribution in [1.82, 2.24) is 4.90 Å². The van der Waals surface area contributed by atoms with Crippen LogP contribution in [0.1, 0.15) is 30.0 Å². The first-order valence-electron chi connectivity index (χ1n) is 6.07. The van der Waals surface area contributed by atoms with Crippen molar-refractivity contribution in [2.24, 2.45) is 0 Å². The highest BCUT2D eigenvalue weighted by atomic mass is 16.5. The molecule has 2 rings (SSSR count). The molecule has 1 aliphatic heterocycles. The molecule has 0 aromatic heterocycles. The molecule has 92 valence electrons. The van der Waals surface area contributed by atoms with Gasteiger partial charge in [-0.25, -0.2) is 0 Å². The van der Waals surface area contributed by atoms with Gasteiger partial charge >= 0.3 is 0 Å². The summed E-state index contributed by atoms with van der Waals surface area (Å²) < 4.78 is 4.93. The molecule has 3 heteroatoms. The lowest BCUT2D eigenvalue weighted by Gasteiger charge is -2.25. The lowest BCUT2D eigenvalue weighted by atomic mass is 10.0. The van der Waals surface area contributed by atoms with E-state index < -0.39 is 0 Å². The van der Waals surface area contributed by atoms with Crippen molar-refractivity contribution in [2.45, 2.75) is 25.8 Å². The van der Waals surface area contributed by atoms with Crippen LogP contribution >= 0.6 is 0 Å². The number of carbonyl (C=O) groups excluding carboxylic acids is 1. The number of hydrogen-bond donors (Lipinski definition) is 0. The highest BCUT2D eigenvalue weighted by Crippen LogP contribution is 2.31. The molecule has 17 heavy (non-hydrogen) atoms. The lowest BCUT2D eigenvalue weighted by molar-refractivity contribution is -0.136. The third-order valence-corrected chi connectivity index (χ3v) is 3.30. The van der Waals surface area contributed by atoms with E-state index in [4.69, 9.17) is 4.74 Å². The fourth-order valence-electron chi connectivity index (χ4n) is 2.41. The summed E-state index contributed by atoms with van der Waals surface area (Å²) in [6.45, 7) is 3.11. The first-order valence-corrected chi connectivity index (χ1v) is 6.07. The number of methoxy groups -OCH3 is 1. The maximum absolute atomic E-state index is 11.9. The van der Waals surface area contributed by atoms with Crippen LogP contribution in [0, 0.1) is 6.92 Å². The number of ether oxygens (including phenoxy) is 1. The number of carbonyl (C=O) groups is 1. The van der Waals surface area contributed by atoms with Gasteiger partial charge in [0.2, 0.25) is 5.91 Å². The van der Waals surface area contributed by atoms with E-state index in [9.17, 15) is 4.79 Å². The fourth-order valence-corrected chi connectivity index (χ4v) is 2.41. The molecular formula is C14H19NO2. The van der Waals surface area contributed by atoms with Crippen LogP contribution in [-0.2, 0) is 9.53 Å². The molecule has 1 fully saturated rings. The van der Waals surface area contributed by atoms with Crippen LogP contribution in [0.2, 0.25) is 0 Å². The van der Waals surface area contributed by atoms with Gasteiger partial charge in [0.05, 0.1) is 6.04 Å². The Morgan fingerprint density at radius 3 is 2.76 bits per heavy atom. The SMILES string of the molecule is COCC(=O)N1CCCC1c1ccc(C)cc1. The summed E-state index contributed by atoms with van der Waals surface area (Å²) in [6, 6.07) is 8.69. The van der Waals surface area contributed by atoms with E-state index >= 15 is 0 Å². The van der Waals surface area contributed by atoms with Crippen LogP contribution in [0.25, 0.3) is 0 Å². The molecule has 0 spiro atoms. The minimum Gasteiger partial charge on any atom is -0.375 e. The molecule has 3 nitrogen and oxygen atoms in total. The minimum absolute atomic E-state index is 0.0931. The largest absolute Gasteiger partial charge is 0.375 e. The average molecular weight is 233 g/mol. The number of likely N-dealkylation sites (tertiary alicyclic amines) is 1. The molecule has 1 saturated heterocycles. The summed E-state index contributed by atoms with van der Waals surface area (Å²) in [4.78, 5) is 13.8. The van der Waals surface area contributed by atoms with Crippen LogP contribution in [0.3, 0.4) is 0 Å². The molecule has 0 radical (unpaired) electrons. The van der Waals surface area contributed by atoms with Gasteiger partial charge in [0, 0.05) is 13.7 Å². The highest BCUT2D eigenvalue weighted by molar-refractivity contribution is 5.78. The molecule has 0 saturated carbocycles. The number of benzene rings is 1. The van der Waals surface area contributed by atoms with Gasteiger partial charge in [-0.05, 0) is 25.3 Å². The summed E-state index contributed by atoms with van der Waals surface area (Å²) in [7, 11) is 1.56. The van der Waals surface area contributed by atoms with E-state index in [1.807, 2.05) is 4.90 Å². The molecule has 1 aliphatic rings. The van der Waals surface area contributed by atoms with E-state index in [0.29, 0.717) is 0 Å². The number of rotatable bonds is 3. The molecule has 1 atom stereocenters. The predicted octanol–water partition coefficient (Wildman–Crippen LogP) is 2.30. The number of amides is 1. The van der Waals surface area contributed by atoms with Gasteiger partial charge in [0.25, 0.3) is 0 Å². The Hall–Kier alpha value is -1.35. The van der Waals surface area contributed by atoms with Gasteiger partial charge in [-0.3, -0.25) is 4.79 Å². The second kappa shape index (κ2) is 5.32. The second-order valence-electron chi connectivity index (χ2n) is 4.59. The third-order valence-electron chi connectivity index (χ3n) is 3.30. The van der Waals surface area contributed by atoms with Crippen LogP contribution < -0.4 is 0 Å². The second-order valence-corrected chi connectivity index (χ2v) is 4.59. The molecule has 1 aromatic carbocycles. The summed E-state index contributed by atoms with van der Waals surface area (Å²) in [5.41, 5.74) is 2.49. The summed E-state index contributed by atoms with van der Waals surface area (Å²) in [6.07, 6.45) is 2.13. The van der Waals surface area contributed by atoms with E-state index in [2.05, 4.69) is 31.2 Å². The Labute approximate surface area is 102 Å². The summed E-state index contributed by atoms with van der Waals surface area (Å²) in [5.74, 6) is 0.0931. The highest BCUT2D eigenvalue weighted by Gasteiger charge is 2.29. The Balaban J connectivity index is 2.14. The van der Waals surface area contributed by atoms with Gasteiger partial charge in [-0.2, -0.15) is 0 Å². The minimum atomic E-state index is 0.0931. The molecule has 1 aromatic rings. The van der Waals surface area contributed by atoms with Gasteiger partial charge in [0.15, 0.2) is 0 Å². The molecule has 1 amide bonds. The Morgan fingerprint density at radius 1 is 1.41 bits per heavy atom. The van der Waals surface area contributed by atoms with E-state index in [0.717, 1.165) is 19.4 Å². The molecule has 0 aliphatic carbocycles. The van der Waals surface area contributed by atoms with Crippen molar-refractivity contribution in [3.05, 3.63) is 35.4 Å². The van der Waals surface area contributed by atoms with Crippen molar-refractivity contribution in [3.63, 3.8) is 0 Å². The fraction of sp³-hybridized carbons (Fsp3) is 0.500. The van der Waals surface area contributed by atoms with Crippen LogP contribution in [0.15, 0.2) is 24.3 Å². The van der Waals surface area contributed by atoms with Crippen LogP contribution in [0.5, 0.6) is 0 Å². The molecular weight excluding hydrogens is 214 g/mol. The van der Waals surface area contributed by atoms with Gasteiger partial charge in [0.1, 0.15) is 6.61 Å². The van der Waals surface area contributed by atoms with Crippen molar-refractivity contribution in [2.75, 3.05) is 20.3 Å². The van der Waals surface area contributed by atoms with E-state index in [-0.39, 0.29) is 18.6 Å². The maximum atomic E-state index is 11.9. The standard InChI is InChI=1S/C14H19NO2/c1-11-5-7-12(8-6-11)13-4-3-9-15(13)14(16)10-17-2/h5-8,13H,3-4,9-10H2,1-2H3. The molecule has 1 unspecified atom stereocenters. The Morgan fingerprint density at radius 2 is 2.12 bits per heavy atom. The predicted molar refractivity (Wildman–Crippen MR) is 66.7 cm³/mol. The topological polar surface area (TPSA) is 29.5 Å². The molecule has 1 heterocycles. The summed E-state index contributed by atoms with van der Waals surface area (Å²) in [5, 5.41) is 0. The van der Waals surface area contributed by atoms with Crippen molar-refractivity contribution >= 4 is 5.91 Å². The van der Waals surface area contributed by atoms with Crippen molar-refractivity contribution < 1.29 is 9.53 Å². The first-order chi connectivity index (χ1) is 8.22. The Bertz CT molecular complexity index is 386. The molecule has 0 bridgehead atoms. The summed E-state index contributed by atoms with van der Waals surface area (Å²) >= 11 is 0. The molecule has 0 N–H and O–H groups in total. The Kier molecular flexibility index (Phi) is 3.79. The monoisotopic (exact) mass is 233 g/mol. The van der Waals surface area contributed by atoms with Gasteiger partial charge < -0.3 is 9.64 Å². The van der Waals surface area contributed by atoms with Crippen molar-refractivity contribution in [1.29, 1.82) is 0 Å². The van der Waals surface area contributed by atoms with Gasteiger partial charge in [-0.1, -0.05) is 29.8 Å².